The van der Waals surface area contributed by atoms with E-state index in [1.807, 2.05) is 0 Å². The molecular weight excluding hydrogens is 332 g/mol. The van der Waals surface area contributed by atoms with E-state index in [1.54, 1.807) is 0 Å². The molecule has 0 aromatic heterocycles. The number of hydrogen-bond acceptors (Lipinski definition) is 4. The van der Waals surface area contributed by atoms with Crippen LogP contribution in [0.25, 0.3) is 0 Å². The van der Waals surface area contributed by atoms with E-state index in [-0.39, 0.29) is 0 Å². The number of aliphatic hydroxyl groups is 1. The molecule has 1 N–H and O–H groups in total. The first-order chi connectivity index (χ1) is 12.4. The minimum Gasteiger partial charge on any atom is -0.391 e. The lowest BCUT2D eigenvalue weighted by molar-refractivity contribution is -0.890. The van der Waals surface area contributed by atoms with Gasteiger partial charge in [-0.1, -0.05) is 84.0 Å². The van der Waals surface area contributed by atoms with Crippen LogP contribution in [0.1, 0.15) is 96.8 Å². The summed E-state index contributed by atoms with van der Waals surface area (Å²) in [6, 6.07) is 0. The summed E-state index contributed by atoms with van der Waals surface area (Å²) in [4.78, 5) is 8.25. The van der Waals surface area contributed by atoms with Gasteiger partial charge in [0, 0.05) is 0 Å². The van der Waals surface area contributed by atoms with Crippen LogP contribution in [0, 0.1) is 15.3 Å². The molecule has 0 radical (unpaired) electrons. The Morgan fingerprint density at radius 3 is 1.31 bits per heavy atom. The maximum absolute atomic E-state index is 9.00. The van der Waals surface area contributed by atoms with Crippen LogP contribution in [0.4, 0.5) is 0 Å². The van der Waals surface area contributed by atoms with Crippen LogP contribution in [0.5, 0.6) is 0 Å². The fourth-order valence-corrected chi connectivity index (χ4v) is 3.12. The highest BCUT2D eigenvalue weighted by molar-refractivity contribution is 4.49. The standard InChI is InChI=1S/C20H44NO.NO3/c1-4-5-6-7-8-9-10-11-12-13-14-15-16-17-18-21(2,3)19-20-22;2-1(3)4/h22H,4-20H2,1-3H3;/q+1;-1. The summed E-state index contributed by atoms with van der Waals surface area (Å²) in [6.07, 6.45) is 19.9. The van der Waals surface area contributed by atoms with E-state index < -0.39 is 5.09 Å². The molecule has 0 atom stereocenters. The van der Waals surface area contributed by atoms with Crippen molar-refractivity contribution in [2.75, 3.05) is 33.8 Å². The molecule has 0 rings (SSSR count). The summed E-state index contributed by atoms with van der Waals surface area (Å²) < 4.78 is 0.967. The van der Waals surface area contributed by atoms with E-state index >= 15 is 0 Å². The van der Waals surface area contributed by atoms with Crippen LogP contribution in [0.3, 0.4) is 0 Å². The molecule has 0 aromatic rings. The van der Waals surface area contributed by atoms with Gasteiger partial charge in [-0.2, -0.15) is 0 Å². The van der Waals surface area contributed by atoms with E-state index in [1.165, 1.54) is 96.4 Å². The Kier molecular flexibility index (Phi) is 21.5. The maximum atomic E-state index is 9.00. The molecule has 0 heterocycles. The van der Waals surface area contributed by atoms with E-state index in [4.69, 9.17) is 20.4 Å². The topological polar surface area (TPSA) is 86.4 Å². The Morgan fingerprint density at radius 1 is 0.692 bits per heavy atom. The zero-order valence-corrected chi connectivity index (χ0v) is 17.6. The van der Waals surface area contributed by atoms with Crippen LogP contribution in [-0.2, 0) is 0 Å². The first-order valence-corrected chi connectivity index (χ1v) is 10.6. The molecule has 0 saturated carbocycles. The number of nitrogens with zero attached hydrogens (tertiary/aromatic N) is 2. The molecule has 26 heavy (non-hydrogen) atoms. The van der Waals surface area contributed by atoms with Gasteiger partial charge in [0.25, 0.3) is 0 Å². The van der Waals surface area contributed by atoms with Gasteiger partial charge in [0.15, 0.2) is 0 Å². The van der Waals surface area contributed by atoms with E-state index in [2.05, 4.69) is 21.0 Å². The van der Waals surface area contributed by atoms with Crippen molar-refractivity contribution in [1.29, 1.82) is 0 Å². The van der Waals surface area contributed by atoms with Crippen LogP contribution in [0.15, 0.2) is 0 Å². The van der Waals surface area contributed by atoms with Crippen molar-refractivity contribution in [3.63, 3.8) is 0 Å². The largest absolute Gasteiger partial charge is 0.391 e. The SMILES string of the molecule is CCCCCCCCCCCCCCCC[N+](C)(C)CCO.O=[N+]([O-])[O-]. The zero-order valence-electron chi connectivity index (χ0n) is 17.6. The van der Waals surface area contributed by atoms with Crippen LogP contribution in [0.2, 0.25) is 0 Å². The first kappa shape index (κ1) is 27.3. The molecule has 0 aliphatic rings. The second kappa shape index (κ2) is 20.4. The van der Waals surface area contributed by atoms with Gasteiger partial charge in [0.1, 0.15) is 6.54 Å². The molecule has 6 nitrogen and oxygen atoms in total. The highest BCUT2D eigenvalue weighted by atomic mass is 16.9. The van der Waals surface area contributed by atoms with E-state index in [9.17, 15) is 0 Å². The van der Waals surface area contributed by atoms with E-state index in [0.29, 0.717) is 6.61 Å². The molecule has 0 aliphatic carbocycles. The first-order valence-electron chi connectivity index (χ1n) is 10.6. The number of hydrogen-bond donors (Lipinski definition) is 1. The molecule has 0 aliphatic heterocycles. The predicted molar refractivity (Wildman–Crippen MR) is 110 cm³/mol. The fourth-order valence-electron chi connectivity index (χ4n) is 3.12. The fraction of sp³-hybridized carbons (Fsp3) is 1.00. The third kappa shape index (κ3) is 27.9. The molecule has 0 fully saturated rings. The minimum absolute atomic E-state index is 0.311. The smallest absolute Gasteiger partial charge is 0.102 e. The second-order valence-corrected chi connectivity index (χ2v) is 7.93. The summed E-state index contributed by atoms with van der Waals surface area (Å²) in [7, 11) is 4.44. The lowest BCUT2D eigenvalue weighted by Crippen LogP contribution is -2.42. The third-order valence-electron chi connectivity index (χ3n) is 4.82. The molecule has 0 bridgehead atoms. The second-order valence-electron chi connectivity index (χ2n) is 7.93. The number of aliphatic hydroxyl groups excluding tert-OH is 1. The Balaban J connectivity index is 0. The van der Waals surface area contributed by atoms with Crippen molar-refractivity contribution < 1.29 is 14.7 Å². The van der Waals surface area contributed by atoms with Crippen molar-refractivity contribution in [2.45, 2.75) is 96.8 Å². The van der Waals surface area contributed by atoms with Gasteiger partial charge >= 0.3 is 0 Å². The summed E-state index contributed by atoms with van der Waals surface area (Å²) in [6.45, 7) is 4.69. The van der Waals surface area contributed by atoms with Gasteiger partial charge in [0.2, 0.25) is 0 Å². The van der Waals surface area contributed by atoms with Gasteiger partial charge in [-0.3, -0.25) is 0 Å². The average Bonchev–Trinajstić information content (AvgIpc) is 2.54. The summed E-state index contributed by atoms with van der Waals surface area (Å²) in [5.41, 5.74) is 0. The Morgan fingerprint density at radius 2 is 1.00 bits per heavy atom. The van der Waals surface area contributed by atoms with Crippen molar-refractivity contribution in [3.8, 4) is 0 Å². The minimum atomic E-state index is -1.75. The molecule has 0 unspecified atom stereocenters. The van der Waals surface area contributed by atoms with Crippen molar-refractivity contribution in [1.82, 2.24) is 0 Å². The molecule has 0 saturated heterocycles. The molecular formula is C20H44N2O4. The molecule has 0 spiro atoms. The monoisotopic (exact) mass is 376 g/mol. The number of quaternary nitrogens is 1. The van der Waals surface area contributed by atoms with Gasteiger partial charge < -0.3 is 24.9 Å². The van der Waals surface area contributed by atoms with Crippen LogP contribution < -0.4 is 0 Å². The van der Waals surface area contributed by atoms with E-state index in [0.717, 1.165) is 11.0 Å². The van der Waals surface area contributed by atoms with Crippen molar-refractivity contribution >= 4 is 0 Å². The van der Waals surface area contributed by atoms with Gasteiger partial charge in [-0.05, 0) is 12.8 Å². The highest BCUT2D eigenvalue weighted by Gasteiger charge is 2.12. The molecule has 158 valence electrons. The normalized spacial score (nSPS) is 11.1. The number of rotatable bonds is 17. The van der Waals surface area contributed by atoms with Crippen molar-refractivity contribution in [2.24, 2.45) is 0 Å². The van der Waals surface area contributed by atoms with Crippen LogP contribution >= 0.6 is 0 Å². The van der Waals surface area contributed by atoms with Gasteiger partial charge in [-0.25, -0.2) is 0 Å². The van der Waals surface area contributed by atoms with Gasteiger partial charge in [-0.15, -0.1) is 0 Å². The summed E-state index contributed by atoms with van der Waals surface area (Å²) >= 11 is 0. The molecule has 0 aromatic carbocycles. The third-order valence-corrected chi connectivity index (χ3v) is 4.82. The lowest BCUT2D eigenvalue weighted by atomic mass is 10.0. The lowest BCUT2D eigenvalue weighted by Gasteiger charge is -2.28. The molecule has 6 heteroatoms. The summed E-state index contributed by atoms with van der Waals surface area (Å²) in [5.74, 6) is 0. The van der Waals surface area contributed by atoms with Crippen molar-refractivity contribution in [3.05, 3.63) is 15.3 Å². The van der Waals surface area contributed by atoms with Crippen LogP contribution in [-0.4, -0.2) is 48.5 Å². The summed E-state index contributed by atoms with van der Waals surface area (Å²) in [5, 5.41) is 23.8. The Bertz CT molecular complexity index is 296. The Labute approximate surface area is 161 Å². The number of unbranched alkanes of at least 4 members (excludes halogenated alkanes) is 13. The Hall–Kier alpha value is -0.880. The average molecular weight is 377 g/mol. The van der Waals surface area contributed by atoms with Gasteiger partial charge in [0.05, 0.1) is 32.3 Å². The number of likely N-dealkylation sites (N-methyl/N-ethyl adjacent to an activating group) is 1. The molecule has 0 amide bonds. The predicted octanol–water partition coefficient (Wildman–Crippen LogP) is 5.30. The highest BCUT2D eigenvalue weighted by Crippen LogP contribution is 2.13. The quantitative estimate of drug-likeness (QED) is 0.161. The maximum Gasteiger partial charge on any atom is 0.102 e. The zero-order chi connectivity index (χ0) is 20.1.